The number of amides is 6. The first-order valence-electron chi connectivity index (χ1n) is 14.4. The Balaban J connectivity index is 2.82. The number of hydrogen-bond donors (Lipinski definition) is 6. The van der Waals surface area contributed by atoms with Crippen LogP contribution in [-0.2, 0) is 35.3 Å². The van der Waals surface area contributed by atoms with Crippen molar-refractivity contribution >= 4 is 63.9 Å². The number of carbonyl (C=O) groups excluding carboxylic acids is 6. The molecule has 0 spiro atoms. The normalized spacial score (nSPS) is 12.2. The van der Waals surface area contributed by atoms with Crippen molar-refractivity contribution in [1.29, 1.82) is 0 Å². The molecule has 0 heterocycles. The number of hydrogen-bond acceptors (Lipinski definition) is 7. The van der Waals surface area contributed by atoms with Crippen molar-refractivity contribution in [2.24, 2.45) is 17.6 Å². The monoisotopic (exact) mass is 716 g/mol. The van der Waals surface area contributed by atoms with Gasteiger partial charge in [0.2, 0.25) is 23.6 Å². The van der Waals surface area contributed by atoms with Crippen LogP contribution in [0.15, 0.2) is 24.3 Å². The average Bonchev–Trinajstić information content (AvgIpc) is 2.95. The fourth-order valence-electron chi connectivity index (χ4n) is 3.75. The van der Waals surface area contributed by atoms with E-state index >= 15 is 0 Å². The van der Waals surface area contributed by atoms with E-state index in [0.29, 0.717) is 35.9 Å². The average molecular weight is 717 g/mol. The van der Waals surface area contributed by atoms with E-state index in [-0.39, 0.29) is 55.6 Å². The maximum Gasteiger partial charge on any atom is 0.312 e. The van der Waals surface area contributed by atoms with E-state index in [1.54, 1.807) is 52.0 Å². The number of alkyl halides is 1. The molecule has 240 valence electrons. The number of nitrogens with two attached hydrogens (primary N) is 1. The maximum atomic E-state index is 13.2. The largest absolute Gasteiger partial charge is 0.461 e. The van der Waals surface area contributed by atoms with Crippen LogP contribution in [0.2, 0.25) is 0 Å². The summed E-state index contributed by atoms with van der Waals surface area (Å²) in [5.41, 5.74) is 6.34. The Hall–Kier alpha value is -3.43. The van der Waals surface area contributed by atoms with Crippen molar-refractivity contribution in [3.63, 3.8) is 0 Å². The minimum absolute atomic E-state index is 0.0630. The van der Waals surface area contributed by atoms with E-state index in [0.717, 1.165) is 5.56 Å². The number of urea groups is 1. The summed E-state index contributed by atoms with van der Waals surface area (Å²) < 4.78 is 5.59. The Labute approximate surface area is 266 Å². The van der Waals surface area contributed by atoms with Crippen molar-refractivity contribution < 1.29 is 33.5 Å². The third-order valence-electron chi connectivity index (χ3n) is 6.22. The zero-order valence-corrected chi connectivity index (χ0v) is 27.5. The van der Waals surface area contributed by atoms with Gasteiger partial charge >= 0.3 is 12.0 Å². The van der Waals surface area contributed by atoms with Gasteiger partial charge in [0.15, 0.2) is 0 Å². The second-order valence-electron chi connectivity index (χ2n) is 10.7. The highest BCUT2D eigenvalue weighted by Gasteiger charge is 2.28. The number of anilines is 1. The standard InChI is InChI=1S/C29H45IN6O7/c1-18(2)25(36-23(37)9-5-6-14-32-24(38)16-30)27(40)35-22(8-7-15-33-29(31)42)26(39)34-21-12-10-20(11-13-21)17-43-28(41)19(3)4/h10-13,18-19,22,25H,5-9,14-17H2,1-4H3,(H,32,38)(H,34,39)(H,35,40)(H,36,37)(H3,31,33,42)/t22-,25?/m0/s1. The van der Waals surface area contributed by atoms with Gasteiger partial charge < -0.3 is 37.1 Å². The summed E-state index contributed by atoms with van der Waals surface area (Å²) >= 11 is 1.97. The zero-order chi connectivity index (χ0) is 32.4. The number of nitrogens with one attached hydrogen (secondary N) is 5. The second-order valence-corrected chi connectivity index (χ2v) is 11.4. The maximum absolute atomic E-state index is 13.2. The molecule has 7 N–H and O–H groups in total. The minimum Gasteiger partial charge on any atom is -0.461 e. The number of esters is 1. The van der Waals surface area contributed by atoms with Crippen LogP contribution in [0.3, 0.4) is 0 Å². The lowest BCUT2D eigenvalue weighted by Crippen LogP contribution is -2.54. The van der Waals surface area contributed by atoms with Crippen molar-refractivity contribution in [2.75, 3.05) is 22.8 Å². The van der Waals surface area contributed by atoms with Crippen molar-refractivity contribution in [2.45, 2.75) is 78.5 Å². The highest BCUT2D eigenvalue weighted by atomic mass is 127. The summed E-state index contributed by atoms with van der Waals surface area (Å²) in [4.78, 5) is 73.1. The van der Waals surface area contributed by atoms with Gasteiger partial charge in [-0.1, -0.05) is 62.4 Å². The number of ether oxygens (including phenoxy) is 1. The summed E-state index contributed by atoms with van der Waals surface area (Å²) in [5, 5.41) is 13.5. The number of benzene rings is 1. The van der Waals surface area contributed by atoms with Gasteiger partial charge in [0, 0.05) is 25.2 Å². The second kappa shape index (κ2) is 20.5. The van der Waals surface area contributed by atoms with Crippen LogP contribution < -0.4 is 32.3 Å². The third-order valence-corrected chi connectivity index (χ3v) is 6.91. The fraction of sp³-hybridized carbons (Fsp3) is 0.586. The van der Waals surface area contributed by atoms with Gasteiger partial charge in [-0.3, -0.25) is 24.0 Å². The molecular formula is C29H45IN6O7. The zero-order valence-electron chi connectivity index (χ0n) is 25.3. The Kier molecular flexibility index (Phi) is 17.9. The molecule has 0 saturated carbocycles. The summed E-state index contributed by atoms with van der Waals surface area (Å²) in [7, 11) is 0. The van der Waals surface area contributed by atoms with Gasteiger partial charge in [-0.25, -0.2) is 4.79 Å². The van der Waals surface area contributed by atoms with E-state index in [4.69, 9.17) is 10.5 Å². The number of rotatable bonds is 19. The van der Waals surface area contributed by atoms with Crippen LogP contribution in [0, 0.1) is 11.8 Å². The lowest BCUT2D eigenvalue weighted by atomic mass is 10.0. The van der Waals surface area contributed by atoms with E-state index in [1.165, 1.54) is 0 Å². The highest BCUT2D eigenvalue weighted by molar-refractivity contribution is 14.1. The Morgan fingerprint density at radius 2 is 1.49 bits per heavy atom. The molecular weight excluding hydrogens is 671 g/mol. The first-order chi connectivity index (χ1) is 20.3. The molecule has 0 bridgehead atoms. The van der Waals surface area contributed by atoms with E-state index in [9.17, 15) is 28.8 Å². The Bertz CT molecular complexity index is 1080. The van der Waals surface area contributed by atoms with Crippen LogP contribution in [0.25, 0.3) is 0 Å². The molecule has 2 atom stereocenters. The van der Waals surface area contributed by atoms with Gasteiger partial charge in [0.05, 0.1) is 10.3 Å². The van der Waals surface area contributed by atoms with Crippen molar-refractivity contribution in [1.82, 2.24) is 21.3 Å². The summed E-state index contributed by atoms with van der Waals surface area (Å²) in [5.74, 6) is -2.17. The van der Waals surface area contributed by atoms with Gasteiger partial charge in [0.1, 0.15) is 18.7 Å². The number of primary amides is 1. The molecule has 0 fully saturated rings. The van der Waals surface area contributed by atoms with Crippen molar-refractivity contribution in [3.8, 4) is 0 Å². The molecule has 1 rings (SSSR count). The molecule has 0 saturated heterocycles. The summed E-state index contributed by atoms with van der Waals surface area (Å²) in [6, 6.07) is 4.22. The van der Waals surface area contributed by atoms with Gasteiger partial charge in [-0.15, -0.1) is 0 Å². The SMILES string of the molecule is CC(C)C(=O)OCc1ccc(NC(=O)[C@H](CCCNC(N)=O)NC(=O)C(NC(=O)CCCCNC(=O)CI)C(C)C)cc1. The van der Waals surface area contributed by atoms with Gasteiger partial charge in [0.25, 0.3) is 0 Å². The van der Waals surface area contributed by atoms with Crippen molar-refractivity contribution in [3.05, 3.63) is 29.8 Å². The molecule has 0 aliphatic rings. The van der Waals surface area contributed by atoms with Crippen LogP contribution in [0.1, 0.15) is 65.4 Å². The Morgan fingerprint density at radius 1 is 0.837 bits per heavy atom. The fourth-order valence-corrected chi connectivity index (χ4v) is 4.02. The van der Waals surface area contributed by atoms with E-state index in [1.807, 2.05) is 22.6 Å². The topological polar surface area (TPSA) is 198 Å². The first kappa shape index (κ1) is 37.6. The van der Waals surface area contributed by atoms with Crippen LogP contribution in [0.5, 0.6) is 0 Å². The molecule has 1 aromatic carbocycles. The molecule has 0 aliphatic carbocycles. The highest BCUT2D eigenvalue weighted by Crippen LogP contribution is 2.13. The number of carbonyl (C=O) groups is 6. The Morgan fingerprint density at radius 3 is 2.07 bits per heavy atom. The van der Waals surface area contributed by atoms with Crippen LogP contribution in [0.4, 0.5) is 10.5 Å². The molecule has 13 nitrogen and oxygen atoms in total. The molecule has 0 radical (unpaired) electrons. The predicted molar refractivity (Wildman–Crippen MR) is 171 cm³/mol. The number of halogens is 1. The first-order valence-corrected chi connectivity index (χ1v) is 15.9. The summed E-state index contributed by atoms with van der Waals surface area (Å²) in [6.45, 7) is 7.85. The third kappa shape index (κ3) is 16.1. The predicted octanol–water partition coefficient (Wildman–Crippen LogP) is 2.12. The van der Waals surface area contributed by atoms with Gasteiger partial charge in [-0.2, -0.15) is 0 Å². The van der Waals surface area contributed by atoms with E-state index < -0.39 is 29.9 Å². The molecule has 0 aliphatic heterocycles. The summed E-state index contributed by atoms with van der Waals surface area (Å²) in [6.07, 6.45) is 1.90. The van der Waals surface area contributed by atoms with Crippen LogP contribution >= 0.6 is 22.6 Å². The molecule has 14 heteroatoms. The lowest BCUT2D eigenvalue weighted by molar-refractivity contribution is -0.148. The molecule has 1 aromatic rings. The molecule has 1 unspecified atom stereocenters. The number of unbranched alkanes of at least 4 members (excludes halogenated alkanes) is 1. The molecule has 43 heavy (non-hydrogen) atoms. The minimum atomic E-state index is -0.964. The smallest absolute Gasteiger partial charge is 0.312 e. The lowest BCUT2D eigenvalue weighted by Gasteiger charge is -2.25. The molecule has 0 aromatic heterocycles. The van der Waals surface area contributed by atoms with Gasteiger partial charge in [-0.05, 0) is 49.3 Å². The van der Waals surface area contributed by atoms with E-state index in [2.05, 4.69) is 26.6 Å². The van der Waals surface area contributed by atoms with Crippen LogP contribution in [-0.4, -0.2) is 65.2 Å². The quantitative estimate of drug-likeness (QED) is 0.0546. The molecule has 6 amide bonds.